The number of hydrogen-bond acceptors (Lipinski definition) is 11. The molecule has 0 aliphatic carbocycles. The number of amides is 1. The average molecular weight is 719 g/mol. The zero-order valence-electron chi connectivity index (χ0n) is 27.5. The fraction of sp³-hybridized carbons (Fsp3) is 0.171. The number of rotatable bonds is 11. The molecule has 5 aromatic rings. The molecule has 16 heteroatoms. The predicted molar refractivity (Wildman–Crippen MR) is 194 cm³/mol. The van der Waals surface area contributed by atoms with Crippen molar-refractivity contribution in [2.45, 2.75) is 26.2 Å². The zero-order chi connectivity index (χ0) is 37.8. The molecule has 2 aromatic heterocycles. The zero-order valence-corrected chi connectivity index (χ0v) is 28.3. The molecule has 0 atom stereocenters. The molecule has 0 saturated carbocycles. The summed E-state index contributed by atoms with van der Waals surface area (Å²) in [7, 11) is 0. The second-order valence-electron chi connectivity index (χ2n) is 10.3. The molecule has 10 N–H and O–H groups in total. The lowest BCUT2D eigenvalue weighted by Gasteiger charge is -2.04. The number of anilines is 3. The van der Waals surface area contributed by atoms with Crippen molar-refractivity contribution in [3.63, 3.8) is 0 Å². The summed E-state index contributed by atoms with van der Waals surface area (Å²) in [5.41, 5.74) is 16.2. The summed E-state index contributed by atoms with van der Waals surface area (Å²) in [6, 6.07) is 21.1. The third kappa shape index (κ3) is 15.5. The third-order valence-electron chi connectivity index (χ3n) is 6.40. The summed E-state index contributed by atoms with van der Waals surface area (Å²) in [6.45, 7) is 3.31. The Hall–Kier alpha value is -6.55. The van der Waals surface area contributed by atoms with Gasteiger partial charge in [0.2, 0.25) is 0 Å². The predicted octanol–water partition coefficient (Wildman–Crippen LogP) is 5.43. The van der Waals surface area contributed by atoms with Crippen molar-refractivity contribution in [1.29, 1.82) is 0 Å². The number of aromatic carboxylic acids is 3. The number of hydrogen-bond donors (Lipinski definition) is 8. The highest BCUT2D eigenvalue weighted by molar-refractivity contribution is 7.16. The average Bonchev–Trinajstić information content (AvgIpc) is 3.58. The van der Waals surface area contributed by atoms with Crippen molar-refractivity contribution >= 4 is 68.5 Å². The number of thiazole rings is 1. The Morgan fingerprint density at radius 3 is 1.84 bits per heavy atom. The van der Waals surface area contributed by atoms with Crippen LogP contribution in [0.5, 0.6) is 0 Å². The number of nitrogen functional groups attached to an aromatic ring is 2. The number of carboxylic acid groups (broad SMARTS) is 4. The Balaban J connectivity index is 0.000000240. The van der Waals surface area contributed by atoms with Gasteiger partial charge >= 0.3 is 23.9 Å². The summed E-state index contributed by atoms with van der Waals surface area (Å²) in [5.74, 6) is -3.43. The highest BCUT2D eigenvalue weighted by Crippen LogP contribution is 2.18. The van der Waals surface area contributed by atoms with Gasteiger partial charge in [-0.1, -0.05) is 0 Å². The number of carbonyl (C=O) groups is 5. The number of carboxylic acids is 4. The molecule has 0 saturated heterocycles. The first-order chi connectivity index (χ1) is 24.3. The molecule has 0 unspecified atom stereocenters. The normalized spacial score (nSPS) is 9.75. The van der Waals surface area contributed by atoms with E-state index in [0.717, 1.165) is 22.4 Å². The highest BCUT2D eigenvalue weighted by Gasteiger charge is 2.05. The molecule has 0 spiro atoms. The molecule has 0 aliphatic rings. The summed E-state index contributed by atoms with van der Waals surface area (Å²) in [5, 5.41) is 39.9. The first-order valence-electron chi connectivity index (χ1n) is 15.2. The molecule has 2 heterocycles. The van der Waals surface area contributed by atoms with Crippen LogP contribution in [0, 0.1) is 0 Å². The Bertz CT molecular complexity index is 1880. The number of pyridine rings is 1. The summed E-state index contributed by atoms with van der Waals surface area (Å²) < 4.78 is 0.912. The number of aliphatic carboxylic acids is 1. The minimum atomic E-state index is -0.993. The number of aromatic nitrogens is 2. The Morgan fingerprint density at radius 1 is 0.706 bits per heavy atom. The van der Waals surface area contributed by atoms with E-state index in [1.54, 1.807) is 72.2 Å². The van der Waals surface area contributed by atoms with E-state index in [2.05, 4.69) is 20.6 Å². The number of nitrogens with one attached hydrogen (secondary N) is 2. The van der Waals surface area contributed by atoms with Crippen molar-refractivity contribution < 1.29 is 44.4 Å². The van der Waals surface area contributed by atoms with Crippen LogP contribution >= 0.6 is 11.3 Å². The van der Waals surface area contributed by atoms with Gasteiger partial charge in [0, 0.05) is 42.6 Å². The van der Waals surface area contributed by atoms with Crippen LogP contribution in [0.25, 0.3) is 10.2 Å². The standard InChI is InChI=1S/C12H16N2O3.C9H11NO2.C8H5NO2S.C6H6N2O2/c13-10-6-4-9(5-7-10)12(17)14-8-2-1-3-11(15)16;1-2-10-8-5-3-7(4-6-8)9(11)12;10-8(11)5-1-2-6-7(3-5)12-4-9-6;7-5-2-1-4(3-8-5)6(9)10/h4-7H,1-3,8,13H2,(H,14,17)(H,15,16);3-6,10H,2H2,1H3,(H,11,12);1-4H,(H,10,11);1-3H,(H2,7,8)(H,9,10). The third-order valence-corrected chi connectivity index (χ3v) is 7.19. The van der Waals surface area contributed by atoms with E-state index in [1.165, 1.54) is 29.7 Å². The maximum Gasteiger partial charge on any atom is 0.337 e. The van der Waals surface area contributed by atoms with Crippen LogP contribution in [0.3, 0.4) is 0 Å². The Morgan fingerprint density at radius 2 is 1.29 bits per heavy atom. The van der Waals surface area contributed by atoms with Crippen LogP contribution in [-0.2, 0) is 4.79 Å². The Kier molecular flexibility index (Phi) is 17.1. The van der Waals surface area contributed by atoms with Gasteiger partial charge in [0.05, 0.1) is 32.4 Å². The van der Waals surface area contributed by atoms with Crippen LogP contribution in [0.4, 0.5) is 17.2 Å². The topological polar surface area (TPSA) is 268 Å². The molecule has 5 rings (SSSR count). The Labute approximate surface area is 296 Å². The molecule has 1 amide bonds. The molecule has 0 aliphatic heterocycles. The van der Waals surface area contributed by atoms with Gasteiger partial charge in [-0.2, -0.15) is 0 Å². The van der Waals surface area contributed by atoms with Crippen LogP contribution in [0.15, 0.2) is 90.6 Å². The van der Waals surface area contributed by atoms with Crippen molar-refractivity contribution in [3.8, 4) is 0 Å². The fourth-order valence-corrected chi connectivity index (χ4v) is 4.51. The van der Waals surface area contributed by atoms with Crippen molar-refractivity contribution in [1.82, 2.24) is 15.3 Å². The van der Waals surface area contributed by atoms with E-state index < -0.39 is 23.9 Å². The highest BCUT2D eigenvalue weighted by atomic mass is 32.1. The minimum Gasteiger partial charge on any atom is -0.481 e. The lowest BCUT2D eigenvalue weighted by atomic mass is 10.2. The number of fused-ring (bicyclic) bond motifs is 1. The van der Waals surface area contributed by atoms with Crippen molar-refractivity contribution in [2.24, 2.45) is 0 Å². The van der Waals surface area contributed by atoms with Crippen molar-refractivity contribution in [3.05, 3.63) is 113 Å². The van der Waals surface area contributed by atoms with Gasteiger partial charge in [-0.05, 0) is 98.6 Å². The number of nitrogens with zero attached hydrogens (tertiary/aromatic N) is 2. The van der Waals surface area contributed by atoms with E-state index in [-0.39, 0.29) is 17.9 Å². The van der Waals surface area contributed by atoms with E-state index in [4.69, 9.17) is 31.9 Å². The smallest absolute Gasteiger partial charge is 0.337 e. The molecule has 0 bridgehead atoms. The van der Waals surface area contributed by atoms with Crippen LogP contribution in [0.2, 0.25) is 0 Å². The van der Waals surface area contributed by atoms with E-state index >= 15 is 0 Å². The quantitative estimate of drug-likeness (QED) is 0.0625. The second kappa shape index (κ2) is 21.4. The fourth-order valence-electron chi connectivity index (χ4n) is 3.79. The van der Waals surface area contributed by atoms with Gasteiger partial charge in [0.25, 0.3) is 5.91 Å². The van der Waals surface area contributed by atoms with Gasteiger partial charge in [0.15, 0.2) is 0 Å². The maximum atomic E-state index is 11.6. The second-order valence-corrected chi connectivity index (χ2v) is 11.1. The van der Waals surface area contributed by atoms with Crippen LogP contribution in [0.1, 0.15) is 67.6 Å². The van der Waals surface area contributed by atoms with Gasteiger partial charge in [-0.15, -0.1) is 11.3 Å². The van der Waals surface area contributed by atoms with E-state index in [0.29, 0.717) is 47.6 Å². The lowest BCUT2D eigenvalue weighted by molar-refractivity contribution is -0.137. The first kappa shape index (κ1) is 40.6. The maximum absolute atomic E-state index is 11.6. The van der Waals surface area contributed by atoms with Gasteiger partial charge in [0.1, 0.15) is 5.82 Å². The molecular weight excluding hydrogens is 680 g/mol. The number of unbranched alkanes of at least 4 members (excludes halogenated alkanes) is 1. The first-order valence-corrected chi connectivity index (χ1v) is 16.1. The van der Waals surface area contributed by atoms with E-state index in [9.17, 15) is 24.0 Å². The van der Waals surface area contributed by atoms with Crippen LogP contribution in [-0.4, -0.2) is 73.3 Å². The van der Waals surface area contributed by atoms with E-state index in [1.807, 2.05) is 6.92 Å². The van der Waals surface area contributed by atoms with Gasteiger partial charge < -0.3 is 42.5 Å². The number of benzene rings is 3. The summed E-state index contributed by atoms with van der Waals surface area (Å²) in [6.07, 6.45) is 2.58. The summed E-state index contributed by atoms with van der Waals surface area (Å²) >= 11 is 1.44. The number of carbonyl (C=O) groups excluding carboxylic acids is 1. The molecule has 51 heavy (non-hydrogen) atoms. The van der Waals surface area contributed by atoms with Gasteiger partial charge in [-0.25, -0.2) is 24.4 Å². The van der Waals surface area contributed by atoms with Crippen LogP contribution < -0.4 is 22.1 Å². The molecular formula is C35H38N6O9S. The molecule has 268 valence electrons. The number of nitrogens with two attached hydrogens (primary N) is 2. The lowest BCUT2D eigenvalue weighted by Crippen LogP contribution is -2.24. The molecule has 15 nitrogen and oxygen atoms in total. The minimum absolute atomic E-state index is 0.137. The van der Waals surface area contributed by atoms with Gasteiger partial charge in [-0.3, -0.25) is 9.59 Å². The monoisotopic (exact) mass is 718 g/mol. The SMILES string of the molecule is CCNc1ccc(C(=O)O)cc1.Nc1ccc(C(=O)NCCCCC(=O)O)cc1.Nc1ccc(C(=O)O)cn1.O=C(O)c1ccc2ncsc2c1. The summed E-state index contributed by atoms with van der Waals surface area (Å²) in [4.78, 5) is 60.7. The largest absolute Gasteiger partial charge is 0.481 e. The molecule has 3 aromatic carbocycles. The molecule has 0 radical (unpaired) electrons. The van der Waals surface area contributed by atoms with Crippen molar-refractivity contribution in [2.75, 3.05) is 29.9 Å². The molecule has 0 fully saturated rings.